The van der Waals surface area contributed by atoms with Crippen molar-refractivity contribution in [3.8, 4) is 0 Å². The maximum atomic E-state index is 12.5. The van der Waals surface area contributed by atoms with Crippen LogP contribution in [-0.4, -0.2) is 54.8 Å². The van der Waals surface area contributed by atoms with Crippen LogP contribution < -0.4 is 10.2 Å². The van der Waals surface area contributed by atoms with Crippen molar-refractivity contribution in [2.24, 2.45) is 0 Å². The highest BCUT2D eigenvalue weighted by Gasteiger charge is 2.25. The summed E-state index contributed by atoms with van der Waals surface area (Å²) in [7, 11) is 3.92. The Morgan fingerprint density at radius 1 is 1.17 bits per heavy atom. The first-order valence-electron chi connectivity index (χ1n) is 7.53. The first-order valence-corrected chi connectivity index (χ1v) is 8.41. The molecule has 0 spiro atoms. The number of nitrogens with zero attached hydrogens (tertiary/aromatic N) is 2. The van der Waals surface area contributed by atoms with Crippen LogP contribution >= 0.6 is 23.2 Å². The number of amides is 2. The van der Waals surface area contributed by atoms with E-state index in [9.17, 15) is 9.59 Å². The molecule has 2 rings (SSSR count). The summed E-state index contributed by atoms with van der Waals surface area (Å²) in [6.45, 7) is 1.21. The smallest absolute Gasteiger partial charge is 0.253 e. The zero-order chi connectivity index (χ0) is 17.0. The van der Waals surface area contributed by atoms with Gasteiger partial charge in [-0.05, 0) is 37.1 Å². The molecule has 126 valence electrons. The lowest BCUT2D eigenvalue weighted by Gasteiger charge is -2.32. The zero-order valence-corrected chi connectivity index (χ0v) is 14.8. The first-order chi connectivity index (χ1) is 10.9. The van der Waals surface area contributed by atoms with E-state index in [1.165, 1.54) is 0 Å². The van der Waals surface area contributed by atoms with Crippen molar-refractivity contribution < 1.29 is 9.59 Å². The Kier molecular flexibility index (Phi) is 6.13. The average Bonchev–Trinajstić information content (AvgIpc) is 2.55. The van der Waals surface area contributed by atoms with Crippen LogP contribution in [0.15, 0.2) is 24.3 Å². The summed E-state index contributed by atoms with van der Waals surface area (Å²) < 4.78 is 0. The highest BCUT2D eigenvalue weighted by atomic mass is 35.5. The molecular weight excluding hydrogens is 337 g/mol. The average molecular weight is 358 g/mol. The minimum atomic E-state index is -1.05. The molecule has 5 nitrogen and oxygen atoms in total. The van der Waals surface area contributed by atoms with Gasteiger partial charge in [0.1, 0.15) is 0 Å². The lowest BCUT2D eigenvalue weighted by atomic mass is 10.0. The van der Waals surface area contributed by atoms with Crippen LogP contribution in [0.2, 0.25) is 0 Å². The third-order valence-corrected chi connectivity index (χ3v) is 4.35. The molecule has 0 bridgehead atoms. The van der Waals surface area contributed by atoms with Crippen LogP contribution in [0.3, 0.4) is 0 Å². The molecule has 0 aliphatic carbocycles. The number of alkyl halides is 2. The number of halogens is 2. The summed E-state index contributed by atoms with van der Waals surface area (Å²) >= 11 is 11.1. The number of hydrogen-bond donors (Lipinski definition) is 1. The summed E-state index contributed by atoms with van der Waals surface area (Å²) in [6.07, 6.45) is 1.40. The van der Waals surface area contributed by atoms with Gasteiger partial charge in [0.05, 0.1) is 0 Å². The second-order valence-electron chi connectivity index (χ2n) is 5.82. The molecule has 0 radical (unpaired) electrons. The Bertz CT molecular complexity index is 553. The number of piperidine rings is 1. The molecule has 1 N–H and O–H groups in total. The Morgan fingerprint density at radius 3 is 2.22 bits per heavy atom. The fraction of sp³-hybridized carbons (Fsp3) is 0.500. The van der Waals surface area contributed by atoms with Crippen molar-refractivity contribution in [1.29, 1.82) is 0 Å². The number of likely N-dealkylation sites (tertiary alicyclic amines) is 1. The lowest BCUT2D eigenvalue weighted by Crippen LogP contribution is -2.47. The summed E-state index contributed by atoms with van der Waals surface area (Å²) in [6, 6.07) is 7.57. The van der Waals surface area contributed by atoms with Gasteiger partial charge >= 0.3 is 0 Å². The van der Waals surface area contributed by atoms with Crippen molar-refractivity contribution in [3.05, 3.63) is 29.8 Å². The van der Waals surface area contributed by atoms with E-state index in [0.29, 0.717) is 31.5 Å². The molecule has 0 atom stereocenters. The van der Waals surface area contributed by atoms with Gasteiger partial charge in [0.2, 0.25) is 0 Å². The lowest BCUT2D eigenvalue weighted by molar-refractivity contribution is -0.120. The van der Waals surface area contributed by atoms with Gasteiger partial charge in [-0.25, -0.2) is 0 Å². The molecular formula is C16H21Cl2N3O2. The van der Waals surface area contributed by atoms with E-state index in [2.05, 4.69) is 5.32 Å². The molecule has 7 heteroatoms. The van der Waals surface area contributed by atoms with E-state index in [1.807, 2.05) is 48.2 Å². The SMILES string of the molecule is CN(C)c1ccc(C(=O)N2CCC(NC(=O)C(Cl)Cl)CC2)cc1. The molecule has 1 aliphatic heterocycles. The maximum absolute atomic E-state index is 12.5. The van der Waals surface area contributed by atoms with E-state index in [4.69, 9.17) is 23.2 Å². The number of nitrogens with one attached hydrogen (secondary N) is 1. The van der Waals surface area contributed by atoms with Gasteiger partial charge in [-0.2, -0.15) is 0 Å². The van der Waals surface area contributed by atoms with Gasteiger partial charge in [-0.15, -0.1) is 0 Å². The standard InChI is InChI=1S/C16H21Cl2N3O2/c1-20(2)13-5-3-11(4-6-13)16(23)21-9-7-12(8-10-21)19-15(22)14(17)18/h3-6,12,14H,7-10H2,1-2H3,(H,19,22). The largest absolute Gasteiger partial charge is 0.378 e. The predicted molar refractivity (Wildman–Crippen MR) is 93.3 cm³/mol. The van der Waals surface area contributed by atoms with E-state index >= 15 is 0 Å². The monoisotopic (exact) mass is 357 g/mol. The van der Waals surface area contributed by atoms with Gasteiger partial charge in [0.25, 0.3) is 11.8 Å². The second kappa shape index (κ2) is 7.88. The maximum Gasteiger partial charge on any atom is 0.253 e. The second-order valence-corrected chi connectivity index (χ2v) is 6.91. The Labute approximate surface area is 146 Å². The van der Waals surface area contributed by atoms with Gasteiger partial charge in [-0.3, -0.25) is 9.59 Å². The molecule has 0 unspecified atom stereocenters. The van der Waals surface area contributed by atoms with Gasteiger partial charge in [0, 0.05) is 44.5 Å². The molecule has 1 aromatic rings. The number of rotatable bonds is 4. The minimum Gasteiger partial charge on any atom is -0.378 e. The van der Waals surface area contributed by atoms with E-state index < -0.39 is 4.84 Å². The Hall–Kier alpha value is -1.46. The molecule has 0 aromatic heterocycles. The van der Waals surface area contributed by atoms with E-state index in [0.717, 1.165) is 5.69 Å². The van der Waals surface area contributed by atoms with Crippen LogP contribution in [0.4, 0.5) is 5.69 Å². The van der Waals surface area contributed by atoms with Crippen LogP contribution in [0.25, 0.3) is 0 Å². The molecule has 2 amide bonds. The van der Waals surface area contributed by atoms with Crippen LogP contribution in [0.1, 0.15) is 23.2 Å². The Morgan fingerprint density at radius 2 is 1.74 bits per heavy atom. The fourth-order valence-electron chi connectivity index (χ4n) is 2.58. The molecule has 23 heavy (non-hydrogen) atoms. The molecule has 1 aromatic carbocycles. The number of hydrogen-bond acceptors (Lipinski definition) is 3. The van der Waals surface area contributed by atoms with E-state index in [1.54, 1.807) is 0 Å². The van der Waals surface area contributed by atoms with Gasteiger partial charge in [0.15, 0.2) is 4.84 Å². The van der Waals surface area contributed by atoms with Crippen molar-refractivity contribution in [1.82, 2.24) is 10.2 Å². The first kappa shape index (κ1) is 17.9. The van der Waals surface area contributed by atoms with Crippen molar-refractivity contribution in [2.45, 2.75) is 23.7 Å². The van der Waals surface area contributed by atoms with Crippen LogP contribution in [-0.2, 0) is 4.79 Å². The van der Waals surface area contributed by atoms with Crippen molar-refractivity contribution >= 4 is 40.7 Å². The third-order valence-electron chi connectivity index (χ3n) is 3.96. The zero-order valence-electron chi connectivity index (χ0n) is 13.3. The molecule has 1 aliphatic rings. The topological polar surface area (TPSA) is 52.7 Å². The third kappa shape index (κ3) is 4.75. The molecule has 1 saturated heterocycles. The predicted octanol–water partition coefficient (Wildman–Crippen LogP) is 2.28. The fourth-order valence-corrected chi connectivity index (χ4v) is 2.70. The number of benzene rings is 1. The summed E-state index contributed by atoms with van der Waals surface area (Å²) in [5, 5.41) is 2.79. The van der Waals surface area contributed by atoms with Gasteiger partial charge in [-0.1, -0.05) is 23.2 Å². The van der Waals surface area contributed by atoms with Gasteiger partial charge < -0.3 is 15.1 Å². The number of carbonyl (C=O) groups is 2. The summed E-state index contributed by atoms with van der Waals surface area (Å²) in [4.78, 5) is 26.7. The highest BCUT2D eigenvalue weighted by molar-refractivity contribution is 6.53. The van der Waals surface area contributed by atoms with Crippen LogP contribution in [0.5, 0.6) is 0 Å². The molecule has 1 fully saturated rings. The summed E-state index contributed by atoms with van der Waals surface area (Å²) in [5.41, 5.74) is 1.74. The van der Waals surface area contributed by atoms with E-state index in [-0.39, 0.29) is 17.9 Å². The Balaban J connectivity index is 1.89. The van der Waals surface area contributed by atoms with Crippen LogP contribution in [0, 0.1) is 0 Å². The van der Waals surface area contributed by atoms with Crippen molar-refractivity contribution in [2.75, 3.05) is 32.1 Å². The van der Waals surface area contributed by atoms with Crippen molar-refractivity contribution in [3.63, 3.8) is 0 Å². The minimum absolute atomic E-state index is 0.0164. The normalized spacial score (nSPS) is 15.6. The summed E-state index contributed by atoms with van der Waals surface area (Å²) in [5.74, 6) is -0.356. The molecule has 0 saturated carbocycles. The number of anilines is 1. The highest BCUT2D eigenvalue weighted by Crippen LogP contribution is 2.17. The number of carbonyl (C=O) groups excluding carboxylic acids is 2. The molecule has 1 heterocycles. The quantitative estimate of drug-likeness (QED) is 0.841.